The molecule has 0 saturated carbocycles. The second-order valence-corrected chi connectivity index (χ2v) is 5.87. The van der Waals surface area contributed by atoms with Crippen LogP contribution in [-0.4, -0.2) is 17.4 Å². The molecule has 0 aromatic heterocycles. The minimum absolute atomic E-state index is 0.108. The molecule has 1 unspecified atom stereocenters. The van der Waals surface area contributed by atoms with Crippen molar-refractivity contribution in [3.63, 3.8) is 0 Å². The molecule has 6 nitrogen and oxygen atoms in total. The Bertz CT molecular complexity index is 809. The molecule has 1 aliphatic carbocycles. The summed E-state index contributed by atoms with van der Waals surface area (Å²) >= 11 is 0. The molecule has 0 radical (unpaired) electrons. The first-order valence-corrected chi connectivity index (χ1v) is 7.98. The molecule has 1 amide bonds. The molecule has 0 spiro atoms. The third kappa shape index (κ3) is 3.93. The number of hydrogen-bond acceptors (Lipinski definition) is 4. The lowest BCUT2D eigenvalue weighted by molar-refractivity contribution is -0.385. The lowest BCUT2D eigenvalue weighted by Crippen LogP contribution is -2.34. The SMILES string of the molecule is O=C(COc1cc(F)ccc1[N+](=O)[O-])NC1CCCc2ccccc21. The van der Waals surface area contributed by atoms with Crippen LogP contribution in [0.3, 0.4) is 0 Å². The third-order valence-electron chi connectivity index (χ3n) is 4.18. The van der Waals surface area contributed by atoms with Crippen molar-refractivity contribution in [3.8, 4) is 5.75 Å². The fourth-order valence-corrected chi connectivity index (χ4v) is 3.04. The molecule has 25 heavy (non-hydrogen) atoms. The number of nitrogens with zero attached hydrogens (tertiary/aromatic N) is 1. The van der Waals surface area contributed by atoms with Crippen LogP contribution in [0.5, 0.6) is 5.75 Å². The van der Waals surface area contributed by atoms with E-state index >= 15 is 0 Å². The summed E-state index contributed by atoms with van der Waals surface area (Å²) in [6, 6.07) is 10.7. The number of nitrogens with one attached hydrogen (secondary N) is 1. The number of halogens is 1. The van der Waals surface area contributed by atoms with Gasteiger partial charge >= 0.3 is 5.69 Å². The van der Waals surface area contributed by atoms with Crippen LogP contribution in [0, 0.1) is 15.9 Å². The number of aryl methyl sites for hydroxylation is 1. The molecule has 0 aliphatic heterocycles. The zero-order chi connectivity index (χ0) is 17.8. The van der Waals surface area contributed by atoms with Crippen molar-refractivity contribution in [2.45, 2.75) is 25.3 Å². The van der Waals surface area contributed by atoms with Crippen molar-refractivity contribution >= 4 is 11.6 Å². The van der Waals surface area contributed by atoms with Gasteiger partial charge in [0.15, 0.2) is 6.61 Å². The van der Waals surface area contributed by atoms with Gasteiger partial charge in [0.05, 0.1) is 11.0 Å². The largest absolute Gasteiger partial charge is 0.477 e. The van der Waals surface area contributed by atoms with E-state index in [9.17, 15) is 19.3 Å². The second kappa shape index (κ2) is 7.29. The molecule has 0 heterocycles. The summed E-state index contributed by atoms with van der Waals surface area (Å²) in [6.45, 7) is -0.414. The second-order valence-electron chi connectivity index (χ2n) is 5.87. The number of benzene rings is 2. The number of carbonyl (C=O) groups excluding carboxylic acids is 1. The van der Waals surface area contributed by atoms with E-state index in [1.807, 2.05) is 24.3 Å². The highest BCUT2D eigenvalue weighted by Crippen LogP contribution is 2.30. The first-order valence-electron chi connectivity index (χ1n) is 7.98. The van der Waals surface area contributed by atoms with Gasteiger partial charge < -0.3 is 10.1 Å². The molecule has 1 atom stereocenters. The molecule has 0 bridgehead atoms. The van der Waals surface area contributed by atoms with E-state index in [0.29, 0.717) is 0 Å². The number of amides is 1. The van der Waals surface area contributed by atoms with Crippen molar-refractivity contribution < 1.29 is 18.8 Å². The van der Waals surface area contributed by atoms with Gasteiger partial charge in [-0.05, 0) is 36.5 Å². The van der Waals surface area contributed by atoms with E-state index in [1.54, 1.807) is 0 Å². The Morgan fingerprint density at radius 3 is 2.92 bits per heavy atom. The van der Waals surface area contributed by atoms with Crippen LogP contribution in [0.15, 0.2) is 42.5 Å². The molecule has 1 N–H and O–H groups in total. The topological polar surface area (TPSA) is 81.5 Å². The number of rotatable bonds is 5. The van der Waals surface area contributed by atoms with E-state index in [0.717, 1.165) is 43.0 Å². The van der Waals surface area contributed by atoms with Gasteiger partial charge in [0.2, 0.25) is 5.75 Å². The molecule has 3 rings (SSSR count). The van der Waals surface area contributed by atoms with Crippen molar-refractivity contribution in [2.24, 2.45) is 0 Å². The minimum Gasteiger partial charge on any atom is -0.477 e. The van der Waals surface area contributed by atoms with Crippen molar-refractivity contribution in [1.29, 1.82) is 0 Å². The first kappa shape index (κ1) is 16.9. The average molecular weight is 344 g/mol. The maximum atomic E-state index is 13.3. The normalized spacial score (nSPS) is 16.0. The zero-order valence-corrected chi connectivity index (χ0v) is 13.4. The summed E-state index contributed by atoms with van der Waals surface area (Å²) in [5, 5.41) is 13.8. The van der Waals surface area contributed by atoms with Crippen LogP contribution >= 0.6 is 0 Å². The van der Waals surface area contributed by atoms with Gasteiger partial charge in [-0.3, -0.25) is 14.9 Å². The molecular weight excluding hydrogens is 327 g/mol. The zero-order valence-electron chi connectivity index (χ0n) is 13.4. The van der Waals surface area contributed by atoms with Gasteiger partial charge in [-0.1, -0.05) is 24.3 Å². The first-order chi connectivity index (χ1) is 12.0. The third-order valence-corrected chi connectivity index (χ3v) is 4.18. The summed E-state index contributed by atoms with van der Waals surface area (Å²) in [5.74, 6) is -1.33. The van der Waals surface area contributed by atoms with Crippen LogP contribution in [0.4, 0.5) is 10.1 Å². The Kier molecular flexibility index (Phi) is 4.92. The highest BCUT2D eigenvalue weighted by molar-refractivity contribution is 5.78. The van der Waals surface area contributed by atoms with Crippen LogP contribution < -0.4 is 10.1 Å². The van der Waals surface area contributed by atoms with Gasteiger partial charge in [0.25, 0.3) is 5.91 Å². The summed E-state index contributed by atoms with van der Waals surface area (Å²) in [4.78, 5) is 22.4. The number of ether oxygens (including phenoxy) is 1. The van der Waals surface area contributed by atoms with E-state index < -0.39 is 23.3 Å². The quantitative estimate of drug-likeness (QED) is 0.666. The predicted octanol–water partition coefficient (Wildman–Crippen LogP) is 3.31. The van der Waals surface area contributed by atoms with Crippen LogP contribution in [0.2, 0.25) is 0 Å². The molecule has 7 heteroatoms. The van der Waals surface area contributed by atoms with Gasteiger partial charge in [0.1, 0.15) is 5.82 Å². The molecule has 130 valence electrons. The Hall–Kier alpha value is -2.96. The van der Waals surface area contributed by atoms with Gasteiger partial charge in [-0.2, -0.15) is 0 Å². The Labute approximate surface area is 143 Å². The van der Waals surface area contributed by atoms with E-state index in [-0.39, 0.29) is 17.5 Å². The smallest absolute Gasteiger partial charge is 0.311 e. The van der Waals surface area contributed by atoms with Gasteiger partial charge in [-0.25, -0.2) is 4.39 Å². The number of nitro groups is 1. The maximum absolute atomic E-state index is 13.3. The standard InChI is InChI=1S/C18H17FN2O4/c19-13-8-9-16(21(23)24)17(10-13)25-11-18(22)20-15-7-3-5-12-4-1-2-6-14(12)15/h1-2,4,6,8-10,15H,3,5,7,11H2,(H,20,22). The Morgan fingerprint density at radius 1 is 1.32 bits per heavy atom. The molecular formula is C18H17FN2O4. The molecule has 2 aromatic carbocycles. The summed E-state index contributed by atoms with van der Waals surface area (Å²) < 4.78 is 18.4. The Balaban J connectivity index is 1.65. The highest BCUT2D eigenvalue weighted by atomic mass is 19.1. The van der Waals surface area contributed by atoms with Crippen LogP contribution in [0.25, 0.3) is 0 Å². The van der Waals surface area contributed by atoms with Gasteiger partial charge in [-0.15, -0.1) is 0 Å². The van der Waals surface area contributed by atoms with Gasteiger partial charge in [0, 0.05) is 12.1 Å². The average Bonchev–Trinajstić information content (AvgIpc) is 2.60. The molecule has 0 saturated heterocycles. The lowest BCUT2D eigenvalue weighted by Gasteiger charge is -2.26. The molecule has 1 aliphatic rings. The molecule has 0 fully saturated rings. The predicted molar refractivity (Wildman–Crippen MR) is 88.8 cm³/mol. The molecule has 2 aromatic rings. The summed E-state index contributed by atoms with van der Waals surface area (Å²) in [5.41, 5.74) is 1.91. The number of hydrogen-bond donors (Lipinski definition) is 1. The minimum atomic E-state index is -0.677. The number of carbonyl (C=O) groups is 1. The Morgan fingerprint density at radius 2 is 2.12 bits per heavy atom. The summed E-state index contributed by atoms with van der Waals surface area (Å²) in [7, 11) is 0. The maximum Gasteiger partial charge on any atom is 0.311 e. The number of fused-ring (bicyclic) bond motifs is 1. The van der Waals surface area contributed by atoms with Crippen LogP contribution in [-0.2, 0) is 11.2 Å². The van der Waals surface area contributed by atoms with Crippen molar-refractivity contribution in [1.82, 2.24) is 5.32 Å². The number of nitro benzene ring substituents is 1. The van der Waals surface area contributed by atoms with Crippen molar-refractivity contribution in [2.75, 3.05) is 6.61 Å². The van der Waals surface area contributed by atoms with E-state index in [1.165, 1.54) is 5.56 Å². The monoisotopic (exact) mass is 344 g/mol. The lowest BCUT2D eigenvalue weighted by atomic mass is 9.88. The van der Waals surface area contributed by atoms with E-state index in [2.05, 4.69) is 5.32 Å². The fraction of sp³-hybridized carbons (Fsp3) is 0.278. The summed E-state index contributed by atoms with van der Waals surface area (Å²) in [6.07, 6.45) is 2.77. The fourth-order valence-electron chi connectivity index (χ4n) is 3.04. The van der Waals surface area contributed by atoms with E-state index in [4.69, 9.17) is 4.74 Å². The van der Waals surface area contributed by atoms with Crippen molar-refractivity contribution in [3.05, 3.63) is 69.5 Å². The highest BCUT2D eigenvalue weighted by Gasteiger charge is 2.22. The van der Waals surface area contributed by atoms with Crippen LogP contribution in [0.1, 0.15) is 30.0 Å².